The first-order valence-electron chi connectivity index (χ1n) is 7.31. The molecule has 0 aliphatic carbocycles. The average Bonchev–Trinajstić information content (AvgIpc) is 2.68. The van der Waals surface area contributed by atoms with Gasteiger partial charge in [0, 0.05) is 17.4 Å². The quantitative estimate of drug-likeness (QED) is 0.649. The Morgan fingerprint density at radius 1 is 1.00 bits per heavy atom. The molecule has 3 rings (SSSR count). The van der Waals surface area contributed by atoms with Crippen molar-refractivity contribution in [3.63, 3.8) is 0 Å². The minimum absolute atomic E-state index is 0.0353. The SMILES string of the molecule is COc1ccc(Cl)c(S(=O)(=O)OC)c1.COc1ccc2c(c1)S(=O)(=O)ON=N2. The molecule has 0 N–H and O–H groups in total. The third-order valence-corrected chi connectivity index (χ3v) is 6.23. The minimum Gasteiger partial charge on any atom is -0.497 e. The molecular weight excluding hydrogens is 436 g/mol. The second kappa shape index (κ2) is 8.73. The molecule has 1 aliphatic rings. The summed E-state index contributed by atoms with van der Waals surface area (Å²) in [5.41, 5.74) is 0.247. The average molecular weight is 451 g/mol. The molecular formula is C15H15ClN2O8S2. The molecule has 13 heteroatoms. The third-order valence-electron chi connectivity index (χ3n) is 3.34. The van der Waals surface area contributed by atoms with E-state index < -0.39 is 20.2 Å². The molecule has 10 nitrogen and oxygen atoms in total. The zero-order chi connectivity index (χ0) is 20.9. The van der Waals surface area contributed by atoms with Crippen molar-refractivity contribution in [2.75, 3.05) is 21.3 Å². The van der Waals surface area contributed by atoms with Gasteiger partial charge in [0.2, 0.25) is 0 Å². The highest BCUT2D eigenvalue weighted by Gasteiger charge is 2.25. The summed E-state index contributed by atoms with van der Waals surface area (Å²) in [5.74, 6) is 0.832. The Labute approximate surface area is 166 Å². The van der Waals surface area contributed by atoms with Gasteiger partial charge in [-0.25, -0.2) is 4.28 Å². The molecule has 0 amide bonds. The second-order valence-electron chi connectivity index (χ2n) is 4.96. The standard InChI is InChI=1S/C8H9ClO4S.C7H6N2O4S/c1-12-6-3-4-7(9)8(5-6)14(10,11)13-2;1-12-5-2-3-6-7(4-5)14(10,11)13-9-8-6/h3-5H,1-2H3;2-4H,1H3. The van der Waals surface area contributed by atoms with Crippen molar-refractivity contribution >= 4 is 37.5 Å². The molecule has 0 saturated heterocycles. The van der Waals surface area contributed by atoms with Crippen molar-refractivity contribution in [2.24, 2.45) is 10.4 Å². The van der Waals surface area contributed by atoms with Crippen LogP contribution in [0.4, 0.5) is 5.69 Å². The Morgan fingerprint density at radius 2 is 1.61 bits per heavy atom. The van der Waals surface area contributed by atoms with Crippen molar-refractivity contribution < 1.29 is 34.8 Å². The molecule has 2 aromatic carbocycles. The molecule has 1 aliphatic heterocycles. The van der Waals surface area contributed by atoms with E-state index in [0.717, 1.165) is 7.11 Å². The zero-order valence-corrected chi connectivity index (χ0v) is 17.2. The van der Waals surface area contributed by atoms with Crippen LogP contribution in [0, 0.1) is 0 Å². The van der Waals surface area contributed by atoms with Crippen LogP contribution in [0.25, 0.3) is 0 Å². The smallest absolute Gasteiger partial charge is 0.362 e. The number of rotatable bonds is 4. The molecule has 0 bridgehead atoms. The summed E-state index contributed by atoms with van der Waals surface area (Å²) >= 11 is 5.70. The highest BCUT2D eigenvalue weighted by Crippen LogP contribution is 2.33. The number of nitrogens with zero attached hydrogens (tertiary/aromatic N) is 2. The first kappa shape index (κ1) is 21.9. The zero-order valence-electron chi connectivity index (χ0n) is 14.8. The maximum absolute atomic E-state index is 11.3. The maximum Gasteiger partial charge on any atom is 0.362 e. The summed E-state index contributed by atoms with van der Waals surface area (Å²) < 4.78 is 63.5. The van der Waals surface area contributed by atoms with Crippen molar-refractivity contribution in [1.29, 1.82) is 0 Å². The van der Waals surface area contributed by atoms with E-state index in [1.165, 1.54) is 38.5 Å². The number of benzene rings is 2. The fourth-order valence-corrected chi connectivity index (χ4v) is 3.92. The molecule has 0 radical (unpaired) electrons. The Balaban J connectivity index is 0.000000200. The second-order valence-corrected chi connectivity index (χ2v) is 8.55. The summed E-state index contributed by atoms with van der Waals surface area (Å²) in [4.78, 5) is -0.132. The van der Waals surface area contributed by atoms with Gasteiger partial charge in [0.25, 0.3) is 10.1 Å². The van der Waals surface area contributed by atoms with Gasteiger partial charge in [0.1, 0.15) is 27.0 Å². The molecule has 28 heavy (non-hydrogen) atoms. The Hall–Kier alpha value is -2.41. The Kier molecular flexibility index (Phi) is 6.82. The van der Waals surface area contributed by atoms with Crippen LogP contribution in [0.3, 0.4) is 0 Å². The number of halogens is 1. The van der Waals surface area contributed by atoms with Crippen LogP contribution >= 0.6 is 11.6 Å². The van der Waals surface area contributed by atoms with Crippen LogP contribution in [0.1, 0.15) is 0 Å². The topological polar surface area (TPSA) is 130 Å². The van der Waals surface area contributed by atoms with Gasteiger partial charge < -0.3 is 9.47 Å². The van der Waals surface area contributed by atoms with Crippen LogP contribution in [-0.4, -0.2) is 38.2 Å². The lowest BCUT2D eigenvalue weighted by Gasteiger charge is -2.09. The van der Waals surface area contributed by atoms with E-state index in [9.17, 15) is 16.8 Å². The number of hydrogen-bond donors (Lipinski definition) is 0. The summed E-state index contributed by atoms with van der Waals surface area (Å²) in [6.07, 6.45) is 0. The van der Waals surface area contributed by atoms with Crippen molar-refractivity contribution in [3.05, 3.63) is 41.4 Å². The predicted molar refractivity (Wildman–Crippen MR) is 98.0 cm³/mol. The van der Waals surface area contributed by atoms with Crippen LogP contribution in [0.5, 0.6) is 11.5 Å². The normalized spacial score (nSPS) is 14.1. The van der Waals surface area contributed by atoms with E-state index in [2.05, 4.69) is 18.9 Å². The largest absolute Gasteiger partial charge is 0.497 e. The van der Waals surface area contributed by atoms with E-state index in [1.54, 1.807) is 12.1 Å². The lowest BCUT2D eigenvalue weighted by molar-refractivity contribution is 0.306. The molecule has 0 aromatic heterocycles. The molecule has 1 heterocycles. The van der Waals surface area contributed by atoms with Gasteiger partial charge >= 0.3 is 10.1 Å². The van der Waals surface area contributed by atoms with Crippen LogP contribution in [-0.2, 0) is 28.7 Å². The summed E-state index contributed by atoms with van der Waals surface area (Å²) in [6, 6.07) is 8.74. The fraction of sp³-hybridized carbons (Fsp3) is 0.200. The predicted octanol–water partition coefficient (Wildman–Crippen LogP) is 3.10. The number of fused-ring (bicyclic) bond motifs is 1. The highest BCUT2D eigenvalue weighted by atomic mass is 35.5. The fourth-order valence-electron chi connectivity index (χ4n) is 1.94. The maximum atomic E-state index is 11.3. The Morgan fingerprint density at radius 3 is 2.21 bits per heavy atom. The number of hydrogen-bond acceptors (Lipinski definition) is 10. The summed E-state index contributed by atoms with van der Waals surface area (Å²) in [5, 5.41) is 6.66. The van der Waals surface area contributed by atoms with Crippen LogP contribution in [0.15, 0.2) is 56.6 Å². The van der Waals surface area contributed by atoms with Crippen LogP contribution < -0.4 is 9.47 Å². The molecule has 2 aromatic rings. The van der Waals surface area contributed by atoms with Gasteiger partial charge in [-0.2, -0.15) is 16.8 Å². The first-order valence-corrected chi connectivity index (χ1v) is 10.5. The van der Waals surface area contributed by atoms with E-state index in [4.69, 9.17) is 21.1 Å². The monoisotopic (exact) mass is 450 g/mol. The van der Waals surface area contributed by atoms with Crippen molar-refractivity contribution in [1.82, 2.24) is 0 Å². The van der Waals surface area contributed by atoms with Gasteiger partial charge in [-0.05, 0) is 24.3 Å². The van der Waals surface area contributed by atoms with E-state index in [0.29, 0.717) is 11.5 Å². The van der Waals surface area contributed by atoms with Gasteiger partial charge in [-0.1, -0.05) is 11.6 Å². The molecule has 0 atom stereocenters. The van der Waals surface area contributed by atoms with Gasteiger partial charge in [0.15, 0.2) is 0 Å². The molecule has 0 spiro atoms. The Bertz CT molecular complexity index is 1100. The number of ether oxygens (including phenoxy) is 2. The van der Waals surface area contributed by atoms with E-state index in [-0.39, 0.29) is 20.5 Å². The lowest BCUT2D eigenvalue weighted by Crippen LogP contribution is -2.05. The molecule has 0 unspecified atom stereocenters. The molecule has 152 valence electrons. The highest BCUT2D eigenvalue weighted by molar-refractivity contribution is 7.87. The summed E-state index contributed by atoms with van der Waals surface area (Å²) in [6.45, 7) is 0. The van der Waals surface area contributed by atoms with E-state index in [1.807, 2.05) is 0 Å². The minimum atomic E-state index is -3.82. The van der Waals surface area contributed by atoms with Crippen molar-refractivity contribution in [3.8, 4) is 11.5 Å². The lowest BCUT2D eigenvalue weighted by atomic mass is 10.3. The molecule has 0 saturated carbocycles. The summed E-state index contributed by atoms with van der Waals surface area (Å²) in [7, 11) is -3.63. The van der Waals surface area contributed by atoms with Gasteiger partial charge in [-0.15, -0.1) is 5.11 Å². The van der Waals surface area contributed by atoms with Gasteiger partial charge in [-0.3, -0.25) is 4.18 Å². The van der Waals surface area contributed by atoms with Crippen molar-refractivity contribution in [2.45, 2.75) is 9.79 Å². The van der Waals surface area contributed by atoms with Gasteiger partial charge in [0.05, 0.1) is 26.4 Å². The van der Waals surface area contributed by atoms with Crippen LogP contribution in [0.2, 0.25) is 5.02 Å². The van der Waals surface area contributed by atoms with E-state index >= 15 is 0 Å². The third kappa shape index (κ3) is 4.90. The number of methoxy groups -OCH3 is 2. The first-order chi connectivity index (χ1) is 13.1. The molecule has 0 fully saturated rings.